The quantitative estimate of drug-likeness (QED) is 0.550. The number of aromatic nitrogens is 5. The predicted molar refractivity (Wildman–Crippen MR) is 116 cm³/mol. The van der Waals surface area contributed by atoms with E-state index < -0.39 is 0 Å². The molecule has 0 spiro atoms. The minimum absolute atomic E-state index is 0.180. The Morgan fingerprint density at radius 1 is 1.13 bits per heavy atom. The first-order valence-electron chi connectivity index (χ1n) is 10.2. The Morgan fingerprint density at radius 3 is 2.63 bits per heavy atom. The van der Waals surface area contributed by atoms with Gasteiger partial charge in [-0.15, -0.1) is 0 Å². The number of rotatable bonds is 5. The maximum Gasteiger partial charge on any atom is 0.257 e. The zero-order valence-corrected chi connectivity index (χ0v) is 17.4. The molecule has 0 atom stereocenters. The van der Waals surface area contributed by atoms with Crippen LogP contribution in [-0.4, -0.2) is 30.5 Å². The van der Waals surface area contributed by atoms with Gasteiger partial charge in [-0.2, -0.15) is 10.2 Å². The number of hydrogen-bond donors (Lipinski definition) is 1. The average molecular weight is 400 g/mol. The minimum atomic E-state index is -0.180. The van der Waals surface area contributed by atoms with Gasteiger partial charge in [0, 0.05) is 30.9 Å². The third-order valence-corrected chi connectivity index (χ3v) is 5.58. The highest BCUT2D eigenvalue weighted by Gasteiger charge is 2.28. The van der Waals surface area contributed by atoms with Gasteiger partial charge in [-0.1, -0.05) is 29.8 Å². The molecule has 3 aromatic heterocycles. The molecule has 4 aromatic rings. The van der Waals surface area contributed by atoms with E-state index in [-0.39, 0.29) is 5.91 Å². The molecule has 0 unspecified atom stereocenters. The number of hydrogen-bond acceptors (Lipinski definition) is 4. The molecule has 1 aliphatic carbocycles. The summed E-state index contributed by atoms with van der Waals surface area (Å²) in [6, 6.07) is 12.1. The maximum atomic E-state index is 13.2. The Hall–Kier alpha value is -3.48. The molecule has 1 amide bonds. The number of pyridine rings is 1. The van der Waals surface area contributed by atoms with Crippen LogP contribution in [0, 0.1) is 13.8 Å². The van der Waals surface area contributed by atoms with E-state index in [1.165, 1.54) is 5.56 Å². The molecule has 0 saturated heterocycles. The van der Waals surface area contributed by atoms with Crippen LogP contribution in [0.25, 0.3) is 11.0 Å². The van der Waals surface area contributed by atoms with E-state index >= 15 is 0 Å². The van der Waals surface area contributed by atoms with Crippen LogP contribution in [0.3, 0.4) is 0 Å². The minimum Gasteiger partial charge on any atom is -0.305 e. The second kappa shape index (κ2) is 7.09. The van der Waals surface area contributed by atoms with Crippen molar-refractivity contribution in [3.63, 3.8) is 0 Å². The third kappa shape index (κ3) is 3.47. The first-order valence-corrected chi connectivity index (χ1v) is 10.2. The van der Waals surface area contributed by atoms with Gasteiger partial charge in [0.05, 0.1) is 23.2 Å². The molecule has 5 rings (SSSR count). The number of carbonyl (C=O) groups excluding carboxylic acids is 1. The van der Waals surface area contributed by atoms with Crippen molar-refractivity contribution in [2.75, 3.05) is 5.32 Å². The molecule has 30 heavy (non-hydrogen) atoms. The highest BCUT2D eigenvalue weighted by molar-refractivity contribution is 6.12. The van der Waals surface area contributed by atoms with Crippen molar-refractivity contribution in [1.29, 1.82) is 0 Å². The first-order chi connectivity index (χ1) is 14.5. The molecule has 1 saturated carbocycles. The topological polar surface area (TPSA) is 77.6 Å². The average Bonchev–Trinajstić information content (AvgIpc) is 3.43. The Bertz CT molecular complexity index is 1250. The van der Waals surface area contributed by atoms with Gasteiger partial charge in [-0.25, -0.2) is 4.98 Å². The van der Waals surface area contributed by atoms with Crippen LogP contribution in [-0.2, 0) is 13.6 Å². The van der Waals surface area contributed by atoms with Crippen LogP contribution in [0.4, 0.5) is 5.82 Å². The predicted octanol–water partition coefficient (Wildman–Crippen LogP) is 3.96. The summed E-state index contributed by atoms with van der Waals surface area (Å²) in [5.41, 5.74) is 5.54. The first kappa shape index (κ1) is 18.5. The van der Waals surface area contributed by atoms with E-state index in [1.54, 1.807) is 4.68 Å². The van der Waals surface area contributed by atoms with Gasteiger partial charge in [0.15, 0.2) is 11.5 Å². The van der Waals surface area contributed by atoms with Gasteiger partial charge in [0.2, 0.25) is 0 Å². The third-order valence-electron chi connectivity index (χ3n) is 5.58. The summed E-state index contributed by atoms with van der Waals surface area (Å²) in [4.78, 5) is 17.9. The fourth-order valence-corrected chi connectivity index (χ4v) is 3.81. The molecule has 0 radical (unpaired) electrons. The molecule has 1 fully saturated rings. The number of nitrogens with one attached hydrogen (secondary N) is 1. The molecule has 7 heteroatoms. The van der Waals surface area contributed by atoms with Gasteiger partial charge in [-0.3, -0.25) is 14.2 Å². The smallest absolute Gasteiger partial charge is 0.257 e. The van der Waals surface area contributed by atoms with Crippen LogP contribution >= 0.6 is 0 Å². The van der Waals surface area contributed by atoms with E-state index in [0.29, 0.717) is 23.8 Å². The van der Waals surface area contributed by atoms with E-state index in [9.17, 15) is 4.79 Å². The van der Waals surface area contributed by atoms with Crippen LogP contribution in [0.5, 0.6) is 0 Å². The van der Waals surface area contributed by atoms with Gasteiger partial charge in [0.25, 0.3) is 5.91 Å². The second-order valence-corrected chi connectivity index (χ2v) is 8.11. The Balaban J connectivity index is 1.41. The van der Waals surface area contributed by atoms with Crippen LogP contribution in [0.1, 0.15) is 51.6 Å². The SMILES string of the molecule is Cc1ccc(Cn2ccc(NC(=O)c3cc(C4CC4)nc4c3c(C)nn4C)n2)cc1. The van der Waals surface area contributed by atoms with Crippen molar-refractivity contribution in [2.24, 2.45) is 7.05 Å². The van der Waals surface area contributed by atoms with Gasteiger partial charge >= 0.3 is 0 Å². The lowest BCUT2D eigenvalue weighted by Gasteiger charge is -2.08. The lowest BCUT2D eigenvalue weighted by Crippen LogP contribution is -2.14. The van der Waals surface area contributed by atoms with E-state index in [4.69, 9.17) is 4.98 Å². The van der Waals surface area contributed by atoms with Crippen molar-refractivity contribution < 1.29 is 4.79 Å². The van der Waals surface area contributed by atoms with Crippen molar-refractivity contribution >= 4 is 22.8 Å². The zero-order valence-electron chi connectivity index (χ0n) is 17.4. The molecule has 1 N–H and O–H groups in total. The highest BCUT2D eigenvalue weighted by Crippen LogP contribution is 2.40. The number of fused-ring (bicyclic) bond motifs is 1. The van der Waals surface area contributed by atoms with Crippen molar-refractivity contribution in [3.8, 4) is 0 Å². The van der Waals surface area contributed by atoms with Crippen LogP contribution in [0.15, 0.2) is 42.6 Å². The van der Waals surface area contributed by atoms with Gasteiger partial charge < -0.3 is 5.32 Å². The molecule has 0 bridgehead atoms. The summed E-state index contributed by atoms with van der Waals surface area (Å²) in [5, 5.41) is 12.7. The molecule has 152 valence electrons. The van der Waals surface area contributed by atoms with Crippen LogP contribution in [0.2, 0.25) is 0 Å². The Labute approximate surface area is 174 Å². The number of anilines is 1. The van der Waals surface area contributed by atoms with Crippen LogP contribution < -0.4 is 5.32 Å². The normalized spacial score (nSPS) is 13.7. The fourth-order valence-electron chi connectivity index (χ4n) is 3.81. The monoisotopic (exact) mass is 400 g/mol. The molecule has 7 nitrogen and oxygen atoms in total. The maximum absolute atomic E-state index is 13.2. The highest BCUT2D eigenvalue weighted by atomic mass is 16.1. The molecular weight excluding hydrogens is 376 g/mol. The lowest BCUT2D eigenvalue weighted by molar-refractivity contribution is 0.102. The number of amides is 1. The summed E-state index contributed by atoms with van der Waals surface area (Å²) in [7, 11) is 1.87. The van der Waals surface area contributed by atoms with Crippen molar-refractivity contribution in [2.45, 2.75) is 39.2 Å². The largest absolute Gasteiger partial charge is 0.305 e. The van der Waals surface area contributed by atoms with E-state index in [1.807, 2.05) is 37.0 Å². The van der Waals surface area contributed by atoms with Gasteiger partial charge in [-0.05, 0) is 38.3 Å². The molecule has 1 aliphatic rings. The van der Waals surface area contributed by atoms with E-state index in [2.05, 4.69) is 46.7 Å². The standard InChI is InChI=1S/C23H24N6O/c1-14-4-6-16(7-5-14)13-29-11-10-20(27-29)25-23(30)18-12-19(17-8-9-17)24-22-21(18)15(2)26-28(22)3/h4-7,10-12,17H,8-9,13H2,1-3H3,(H,25,27,30). The number of carbonyl (C=O) groups is 1. The summed E-state index contributed by atoms with van der Waals surface area (Å²) < 4.78 is 3.58. The lowest BCUT2D eigenvalue weighted by atomic mass is 10.1. The number of benzene rings is 1. The summed E-state index contributed by atoms with van der Waals surface area (Å²) >= 11 is 0. The molecule has 1 aromatic carbocycles. The Morgan fingerprint density at radius 2 is 1.90 bits per heavy atom. The van der Waals surface area contributed by atoms with E-state index in [0.717, 1.165) is 40.8 Å². The zero-order chi connectivity index (χ0) is 20.8. The van der Waals surface area contributed by atoms with Gasteiger partial charge in [0.1, 0.15) is 0 Å². The Kier molecular flexibility index (Phi) is 4.38. The summed E-state index contributed by atoms with van der Waals surface area (Å²) in [6.07, 6.45) is 4.13. The molecule has 3 heterocycles. The summed E-state index contributed by atoms with van der Waals surface area (Å²) in [6.45, 7) is 4.64. The number of aryl methyl sites for hydroxylation is 3. The fraction of sp³-hybridized carbons (Fsp3) is 0.304. The molecule has 0 aliphatic heterocycles. The van der Waals surface area contributed by atoms with Crippen molar-refractivity contribution in [1.82, 2.24) is 24.5 Å². The van der Waals surface area contributed by atoms with Crippen molar-refractivity contribution in [3.05, 3.63) is 70.7 Å². The second-order valence-electron chi connectivity index (χ2n) is 8.11. The summed E-state index contributed by atoms with van der Waals surface area (Å²) in [5.74, 6) is 0.803. The molecular formula is C23H24N6O. The number of nitrogens with zero attached hydrogens (tertiary/aromatic N) is 5.